The molecule has 1 amide bonds. The van der Waals surface area contributed by atoms with E-state index in [-0.39, 0.29) is 12.1 Å². The van der Waals surface area contributed by atoms with Crippen LogP contribution in [0.3, 0.4) is 0 Å². The van der Waals surface area contributed by atoms with Crippen LogP contribution in [-0.4, -0.2) is 61.3 Å². The van der Waals surface area contributed by atoms with Crippen LogP contribution < -0.4 is 0 Å². The highest BCUT2D eigenvalue weighted by atomic mass is 16.6. The Hall–Kier alpha value is -1.59. The zero-order valence-electron chi connectivity index (χ0n) is 18.1. The van der Waals surface area contributed by atoms with Crippen molar-refractivity contribution in [3.63, 3.8) is 0 Å². The van der Waals surface area contributed by atoms with Crippen LogP contribution in [-0.2, 0) is 16.1 Å². The molecule has 2 aliphatic rings. The van der Waals surface area contributed by atoms with Crippen molar-refractivity contribution < 1.29 is 14.3 Å². The van der Waals surface area contributed by atoms with E-state index in [0.29, 0.717) is 12.7 Å². The number of hydrogen-bond acceptors (Lipinski definition) is 4. The lowest BCUT2D eigenvalue weighted by atomic mass is 9.92. The zero-order valence-corrected chi connectivity index (χ0v) is 18.1. The minimum absolute atomic E-state index is 0.226. The molecule has 0 atom stereocenters. The van der Waals surface area contributed by atoms with E-state index in [2.05, 4.69) is 4.90 Å². The predicted molar refractivity (Wildman–Crippen MR) is 116 cm³/mol. The van der Waals surface area contributed by atoms with Gasteiger partial charge in [-0.25, -0.2) is 4.79 Å². The summed E-state index contributed by atoms with van der Waals surface area (Å²) in [6, 6.07) is 10.1. The molecule has 162 valence electrons. The highest BCUT2D eigenvalue weighted by Crippen LogP contribution is 2.25. The monoisotopic (exact) mass is 402 g/mol. The Balaban J connectivity index is 1.21. The number of carbonyl (C=O) groups is 1. The number of hydrogen-bond donors (Lipinski definition) is 0. The summed E-state index contributed by atoms with van der Waals surface area (Å²) in [7, 11) is 1.86. The molecule has 5 heteroatoms. The number of rotatable bonds is 11. The normalized spacial score (nSPS) is 22.1. The molecule has 2 fully saturated rings. The van der Waals surface area contributed by atoms with Crippen LogP contribution in [0.25, 0.3) is 0 Å². The first kappa shape index (κ1) is 22.1. The average Bonchev–Trinajstić information content (AvgIpc) is 2.73. The highest BCUT2D eigenvalue weighted by Gasteiger charge is 2.27. The lowest BCUT2D eigenvalue weighted by molar-refractivity contribution is 0.00689. The fraction of sp³-hybridized carbons (Fsp3) is 0.708. The third-order valence-corrected chi connectivity index (χ3v) is 6.36. The van der Waals surface area contributed by atoms with Crippen LogP contribution in [0, 0.1) is 0 Å². The summed E-state index contributed by atoms with van der Waals surface area (Å²) in [5.41, 5.74) is 1.02. The van der Waals surface area contributed by atoms with Crippen LogP contribution in [0.15, 0.2) is 30.3 Å². The summed E-state index contributed by atoms with van der Waals surface area (Å²) in [6.07, 6.45) is 10.7. The van der Waals surface area contributed by atoms with Gasteiger partial charge in [-0.1, -0.05) is 43.2 Å². The minimum atomic E-state index is -0.226. The van der Waals surface area contributed by atoms with Crippen molar-refractivity contribution in [3.8, 4) is 0 Å². The quantitative estimate of drug-likeness (QED) is 0.496. The summed E-state index contributed by atoms with van der Waals surface area (Å²) in [6.45, 7) is 5.12. The van der Waals surface area contributed by atoms with Gasteiger partial charge in [0.1, 0.15) is 6.61 Å². The Morgan fingerprint density at radius 3 is 2.45 bits per heavy atom. The van der Waals surface area contributed by atoms with E-state index in [1.165, 1.54) is 51.7 Å². The van der Waals surface area contributed by atoms with Crippen LogP contribution >= 0.6 is 0 Å². The molecular formula is C24H38N2O3. The molecule has 1 aromatic carbocycles. The van der Waals surface area contributed by atoms with Gasteiger partial charge in [0.25, 0.3) is 0 Å². The fourth-order valence-electron chi connectivity index (χ4n) is 4.22. The van der Waals surface area contributed by atoms with Crippen LogP contribution in [0.5, 0.6) is 0 Å². The van der Waals surface area contributed by atoms with Gasteiger partial charge >= 0.3 is 6.09 Å². The lowest BCUT2D eigenvalue weighted by Crippen LogP contribution is -2.41. The molecule has 0 aromatic heterocycles. The van der Waals surface area contributed by atoms with Crippen molar-refractivity contribution in [1.82, 2.24) is 9.80 Å². The van der Waals surface area contributed by atoms with Crippen molar-refractivity contribution >= 4 is 6.09 Å². The van der Waals surface area contributed by atoms with E-state index in [9.17, 15) is 4.79 Å². The van der Waals surface area contributed by atoms with Gasteiger partial charge < -0.3 is 19.3 Å². The summed E-state index contributed by atoms with van der Waals surface area (Å²) in [4.78, 5) is 16.6. The van der Waals surface area contributed by atoms with Crippen molar-refractivity contribution in [2.24, 2.45) is 0 Å². The third-order valence-electron chi connectivity index (χ3n) is 6.36. The maximum atomic E-state index is 12.3. The van der Waals surface area contributed by atoms with E-state index in [0.717, 1.165) is 37.9 Å². The van der Waals surface area contributed by atoms with Gasteiger partial charge in [-0.3, -0.25) is 0 Å². The van der Waals surface area contributed by atoms with Gasteiger partial charge in [0.2, 0.25) is 0 Å². The molecule has 0 spiro atoms. The Kier molecular flexibility index (Phi) is 9.29. The summed E-state index contributed by atoms with van der Waals surface area (Å²) in [5.74, 6) is 0. The topological polar surface area (TPSA) is 42.0 Å². The van der Waals surface area contributed by atoms with Gasteiger partial charge in [0, 0.05) is 19.7 Å². The molecule has 0 N–H and O–H groups in total. The molecule has 0 unspecified atom stereocenters. The molecular weight excluding hydrogens is 364 g/mol. The van der Waals surface area contributed by atoms with Crippen LogP contribution in [0.4, 0.5) is 4.79 Å². The van der Waals surface area contributed by atoms with Gasteiger partial charge in [-0.05, 0) is 70.1 Å². The Morgan fingerprint density at radius 2 is 1.76 bits per heavy atom. The molecule has 0 radical (unpaired) electrons. The largest absolute Gasteiger partial charge is 0.445 e. The number of carbonyl (C=O) groups excluding carboxylic acids is 1. The number of amides is 1. The van der Waals surface area contributed by atoms with E-state index < -0.39 is 0 Å². The van der Waals surface area contributed by atoms with Crippen LogP contribution in [0.1, 0.15) is 63.4 Å². The van der Waals surface area contributed by atoms with Crippen LogP contribution in [0.2, 0.25) is 0 Å². The molecule has 29 heavy (non-hydrogen) atoms. The smallest absolute Gasteiger partial charge is 0.410 e. The number of likely N-dealkylation sites (tertiary alicyclic amines) is 1. The Bertz CT molecular complexity index is 583. The first-order valence-electron chi connectivity index (χ1n) is 11.5. The number of nitrogens with zero attached hydrogens (tertiary/aromatic N) is 2. The average molecular weight is 403 g/mol. The second-order valence-electron chi connectivity index (χ2n) is 8.56. The van der Waals surface area contributed by atoms with Crippen molar-refractivity contribution in [2.75, 3.05) is 33.3 Å². The van der Waals surface area contributed by atoms with Crippen molar-refractivity contribution in [3.05, 3.63) is 35.9 Å². The first-order valence-corrected chi connectivity index (χ1v) is 11.5. The van der Waals surface area contributed by atoms with Gasteiger partial charge in [0.15, 0.2) is 0 Å². The first-order chi connectivity index (χ1) is 14.2. The molecule has 1 aliphatic heterocycles. The molecule has 3 rings (SSSR count). The van der Waals surface area contributed by atoms with Gasteiger partial charge in [0.05, 0.1) is 6.10 Å². The molecule has 1 aliphatic carbocycles. The molecule has 1 aromatic rings. The summed E-state index contributed by atoms with van der Waals surface area (Å²) < 4.78 is 11.6. The SMILES string of the molecule is CN(C(=O)OCc1ccccc1)[C@H]1CC[C@H](OCCCCCCN2CCC2)CC1. The number of benzene rings is 1. The summed E-state index contributed by atoms with van der Waals surface area (Å²) >= 11 is 0. The maximum Gasteiger partial charge on any atom is 0.410 e. The highest BCUT2D eigenvalue weighted by molar-refractivity contribution is 5.67. The molecule has 1 saturated carbocycles. The Morgan fingerprint density at radius 1 is 1.03 bits per heavy atom. The zero-order chi connectivity index (χ0) is 20.3. The number of unbranched alkanes of at least 4 members (excludes halogenated alkanes) is 3. The molecule has 5 nitrogen and oxygen atoms in total. The third kappa shape index (κ3) is 7.63. The molecule has 0 bridgehead atoms. The van der Waals surface area contributed by atoms with E-state index in [4.69, 9.17) is 9.47 Å². The van der Waals surface area contributed by atoms with E-state index in [1.807, 2.05) is 37.4 Å². The van der Waals surface area contributed by atoms with Crippen molar-refractivity contribution in [1.29, 1.82) is 0 Å². The number of ether oxygens (including phenoxy) is 2. The summed E-state index contributed by atoms with van der Waals surface area (Å²) in [5, 5.41) is 0. The van der Waals surface area contributed by atoms with Crippen molar-refractivity contribution in [2.45, 2.75) is 76.5 Å². The van der Waals surface area contributed by atoms with Gasteiger partial charge in [-0.15, -0.1) is 0 Å². The van der Waals surface area contributed by atoms with E-state index >= 15 is 0 Å². The molecule has 1 saturated heterocycles. The fourth-order valence-corrected chi connectivity index (χ4v) is 4.22. The second-order valence-corrected chi connectivity index (χ2v) is 8.56. The second kappa shape index (κ2) is 12.2. The minimum Gasteiger partial charge on any atom is -0.445 e. The lowest BCUT2D eigenvalue weighted by Gasteiger charge is -2.34. The maximum absolute atomic E-state index is 12.3. The molecule has 1 heterocycles. The Labute approximate surface area is 176 Å². The predicted octanol–water partition coefficient (Wildman–Crippen LogP) is 4.85. The van der Waals surface area contributed by atoms with Gasteiger partial charge in [-0.2, -0.15) is 0 Å². The van der Waals surface area contributed by atoms with E-state index in [1.54, 1.807) is 4.90 Å². The standard InChI is InChI=1S/C24H38N2O3/c1-25(24(27)29-20-21-10-5-4-6-11-21)22-12-14-23(15-13-22)28-19-8-3-2-7-16-26-17-9-18-26/h4-6,10-11,22-23H,2-3,7-9,12-20H2,1H3/t22-,23-.